The first-order chi connectivity index (χ1) is 8.60. The number of nitrogens with two attached hydrogens (primary N) is 1. The van der Waals surface area contributed by atoms with Crippen molar-refractivity contribution >= 4 is 5.97 Å². The summed E-state index contributed by atoms with van der Waals surface area (Å²) in [6.45, 7) is 2.07. The second-order valence-corrected chi connectivity index (χ2v) is 4.64. The highest BCUT2D eigenvalue weighted by Gasteiger charge is 2.41. The standard InChI is InChI=1S/C14H21NO3/c1-11(9-16)8-14(10-15,13(17)18-2)12-6-4-3-5-7-12/h3-7,11,16H,8-10,15H2,1-2H3. The quantitative estimate of drug-likeness (QED) is 0.742. The van der Waals surface area contributed by atoms with E-state index in [1.807, 2.05) is 37.3 Å². The van der Waals surface area contributed by atoms with Gasteiger partial charge in [0.05, 0.1) is 7.11 Å². The molecule has 100 valence electrons. The van der Waals surface area contributed by atoms with Crippen molar-refractivity contribution in [2.45, 2.75) is 18.8 Å². The van der Waals surface area contributed by atoms with E-state index in [0.717, 1.165) is 5.56 Å². The van der Waals surface area contributed by atoms with Crippen molar-refractivity contribution in [3.05, 3.63) is 35.9 Å². The van der Waals surface area contributed by atoms with E-state index >= 15 is 0 Å². The predicted molar refractivity (Wildman–Crippen MR) is 70.1 cm³/mol. The maximum Gasteiger partial charge on any atom is 0.317 e. The zero-order valence-electron chi connectivity index (χ0n) is 10.9. The molecule has 0 aliphatic carbocycles. The molecule has 0 saturated carbocycles. The smallest absolute Gasteiger partial charge is 0.317 e. The third-order valence-electron chi connectivity index (χ3n) is 3.26. The van der Waals surface area contributed by atoms with Gasteiger partial charge in [-0.05, 0) is 17.9 Å². The first kappa shape index (κ1) is 14.7. The molecule has 0 radical (unpaired) electrons. The van der Waals surface area contributed by atoms with E-state index in [-0.39, 0.29) is 25.0 Å². The minimum Gasteiger partial charge on any atom is -0.468 e. The van der Waals surface area contributed by atoms with E-state index in [9.17, 15) is 9.90 Å². The van der Waals surface area contributed by atoms with Gasteiger partial charge in [0.25, 0.3) is 0 Å². The summed E-state index contributed by atoms with van der Waals surface area (Å²) in [4.78, 5) is 12.1. The summed E-state index contributed by atoms with van der Waals surface area (Å²) in [7, 11) is 1.36. The minimum absolute atomic E-state index is 0.0194. The summed E-state index contributed by atoms with van der Waals surface area (Å²) >= 11 is 0. The Balaban J connectivity index is 3.18. The number of hydrogen-bond donors (Lipinski definition) is 2. The molecule has 0 fully saturated rings. The number of ether oxygens (including phenoxy) is 1. The molecule has 0 aromatic heterocycles. The lowest BCUT2D eigenvalue weighted by Crippen LogP contribution is -2.45. The Hall–Kier alpha value is -1.39. The number of carbonyl (C=O) groups excluding carboxylic acids is 1. The topological polar surface area (TPSA) is 72.5 Å². The number of hydrogen-bond acceptors (Lipinski definition) is 4. The van der Waals surface area contributed by atoms with Crippen LogP contribution in [0.1, 0.15) is 18.9 Å². The number of methoxy groups -OCH3 is 1. The van der Waals surface area contributed by atoms with Crippen molar-refractivity contribution in [1.82, 2.24) is 0 Å². The van der Waals surface area contributed by atoms with Crippen LogP contribution in [0.4, 0.5) is 0 Å². The molecular formula is C14H21NO3. The van der Waals surface area contributed by atoms with Gasteiger partial charge in [-0.25, -0.2) is 0 Å². The fourth-order valence-electron chi connectivity index (χ4n) is 2.22. The van der Waals surface area contributed by atoms with Gasteiger partial charge < -0.3 is 15.6 Å². The summed E-state index contributed by atoms with van der Waals surface area (Å²) in [6, 6.07) is 9.36. The monoisotopic (exact) mass is 251 g/mol. The summed E-state index contributed by atoms with van der Waals surface area (Å²) in [5.74, 6) is -0.371. The van der Waals surface area contributed by atoms with Gasteiger partial charge in [0.1, 0.15) is 5.41 Å². The van der Waals surface area contributed by atoms with Crippen molar-refractivity contribution in [1.29, 1.82) is 0 Å². The van der Waals surface area contributed by atoms with Crippen LogP contribution in [0.3, 0.4) is 0 Å². The van der Waals surface area contributed by atoms with Crippen LogP contribution in [0.15, 0.2) is 30.3 Å². The van der Waals surface area contributed by atoms with E-state index < -0.39 is 5.41 Å². The molecule has 0 aliphatic rings. The first-order valence-corrected chi connectivity index (χ1v) is 6.05. The summed E-state index contributed by atoms with van der Waals surface area (Å²) in [5.41, 5.74) is 5.79. The van der Waals surface area contributed by atoms with Gasteiger partial charge in [-0.1, -0.05) is 37.3 Å². The van der Waals surface area contributed by atoms with E-state index in [2.05, 4.69) is 0 Å². The highest BCUT2D eigenvalue weighted by molar-refractivity contribution is 5.83. The van der Waals surface area contributed by atoms with Gasteiger partial charge in [0.2, 0.25) is 0 Å². The van der Waals surface area contributed by atoms with E-state index in [1.165, 1.54) is 7.11 Å². The maximum atomic E-state index is 12.1. The average molecular weight is 251 g/mol. The third-order valence-corrected chi connectivity index (χ3v) is 3.26. The van der Waals surface area contributed by atoms with Crippen LogP contribution < -0.4 is 5.73 Å². The normalized spacial score (nSPS) is 15.8. The highest BCUT2D eigenvalue weighted by Crippen LogP contribution is 2.31. The fraction of sp³-hybridized carbons (Fsp3) is 0.500. The van der Waals surface area contributed by atoms with Crippen molar-refractivity contribution in [3.8, 4) is 0 Å². The number of aliphatic hydroxyl groups is 1. The van der Waals surface area contributed by atoms with Gasteiger partial charge >= 0.3 is 5.97 Å². The Morgan fingerprint density at radius 3 is 2.50 bits per heavy atom. The summed E-state index contributed by atoms with van der Waals surface area (Å²) in [6.07, 6.45) is 0.469. The van der Waals surface area contributed by atoms with Gasteiger partial charge in [-0.15, -0.1) is 0 Å². The zero-order chi connectivity index (χ0) is 13.6. The fourth-order valence-corrected chi connectivity index (χ4v) is 2.22. The largest absolute Gasteiger partial charge is 0.468 e. The molecule has 2 atom stereocenters. The number of carbonyl (C=O) groups is 1. The lowest BCUT2D eigenvalue weighted by atomic mass is 9.74. The molecule has 1 aromatic rings. The van der Waals surface area contributed by atoms with Gasteiger partial charge in [-0.3, -0.25) is 4.79 Å². The van der Waals surface area contributed by atoms with Crippen LogP contribution in [0.2, 0.25) is 0 Å². The Labute approximate surface area is 108 Å². The molecule has 4 heteroatoms. The number of benzene rings is 1. The number of rotatable bonds is 6. The molecule has 18 heavy (non-hydrogen) atoms. The Morgan fingerprint density at radius 2 is 2.06 bits per heavy atom. The molecule has 0 bridgehead atoms. The van der Waals surface area contributed by atoms with Crippen LogP contribution >= 0.6 is 0 Å². The van der Waals surface area contributed by atoms with Crippen molar-refractivity contribution < 1.29 is 14.6 Å². The van der Waals surface area contributed by atoms with Crippen LogP contribution in [0.5, 0.6) is 0 Å². The molecule has 0 spiro atoms. The molecule has 1 aromatic carbocycles. The van der Waals surface area contributed by atoms with Crippen molar-refractivity contribution in [2.24, 2.45) is 11.7 Å². The molecule has 0 heterocycles. The van der Waals surface area contributed by atoms with Crippen LogP contribution in [-0.2, 0) is 14.9 Å². The second kappa shape index (κ2) is 6.52. The molecule has 3 N–H and O–H groups in total. The van der Waals surface area contributed by atoms with Gasteiger partial charge in [-0.2, -0.15) is 0 Å². The van der Waals surface area contributed by atoms with E-state index in [0.29, 0.717) is 6.42 Å². The Morgan fingerprint density at radius 1 is 1.44 bits per heavy atom. The zero-order valence-corrected chi connectivity index (χ0v) is 10.9. The van der Waals surface area contributed by atoms with Crippen LogP contribution in [-0.4, -0.2) is 31.3 Å². The third kappa shape index (κ3) is 2.89. The van der Waals surface area contributed by atoms with E-state index in [1.54, 1.807) is 0 Å². The Bertz CT molecular complexity index is 380. The van der Waals surface area contributed by atoms with Gasteiger partial charge in [0, 0.05) is 13.2 Å². The minimum atomic E-state index is -0.877. The second-order valence-electron chi connectivity index (χ2n) is 4.64. The molecule has 0 saturated heterocycles. The average Bonchev–Trinajstić information content (AvgIpc) is 2.44. The predicted octanol–water partition coefficient (Wildman–Crippen LogP) is 1.07. The molecule has 0 aliphatic heterocycles. The lowest BCUT2D eigenvalue weighted by Gasteiger charge is -2.32. The lowest BCUT2D eigenvalue weighted by molar-refractivity contribution is -0.148. The van der Waals surface area contributed by atoms with Crippen LogP contribution in [0.25, 0.3) is 0 Å². The molecular weight excluding hydrogens is 230 g/mol. The van der Waals surface area contributed by atoms with E-state index in [4.69, 9.17) is 10.5 Å². The Kier molecular flexibility index (Phi) is 5.31. The number of aliphatic hydroxyl groups excluding tert-OH is 1. The van der Waals surface area contributed by atoms with Gasteiger partial charge in [0.15, 0.2) is 0 Å². The molecule has 2 unspecified atom stereocenters. The molecule has 4 nitrogen and oxygen atoms in total. The first-order valence-electron chi connectivity index (χ1n) is 6.05. The number of esters is 1. The summed E-state index contributed by atoms with van der Waals surface area (Å²) in [5, 5.41) is 9.20. The van der Waals surface area contributed by atoms with Crippen molar-refractivity contribution in [2.75, 3.05) is 20.3 Å². The molecule has 0 amide bonds. The van der Waals surface area contributed by atoms with Crippen molar-refractivity contribution in [3.63, 3.8) is 0 Å². The SMILES string of the molecule is COC(=O)C(CN)(CC(C)CO)c1ccccc1. The summed E-state index contributed by atoms with van der Waals surface area (Å²) < 4.78 is 4.91. The molecule has 1 rings (SSSR count). The highest BCUT2D eigenvalue weighted by atomic mass is 16.5. The maximum absolute atomic E-state index is 12.1. The van der Waals surface area contributed by atoms with Crippen LogP contribution in [0, 0.1) is 5.92 Å².